The fourth-order valence-electron chi connectivity index (χ4n) is 1.90. The molecule has 0 spiro atoms. The highest BCUT2D eigenvalue weighted by molar-refractivity contribution is 5.33. The van der Waals surface area contributed by atoms with Gasteiger partial charge in [-0.15, -0.1) is 0 Å². The topological polar surface area (TPSA) is 38.0 Å². The molecule has 1 unspecified atom stereocenters. The Labute approximate surface area is 102 Å². The van der Waals surface area contributed by atoms with Crippen LogP contribution in [-0.2, 0) is 6.18 Å². The zero-order valence-corrected chi connectivity index (χ0v) is 9.60. The van der Waals surface area contributed by atoms with Crippen LogP contribution in [0.15, 0.2) is 18.2 Å². The molecule has 1 aromatic rings. The summed E-state index contributed by atoms with van der Waals surface area (Å²) in [5.41, 5.74) is 4.57. The van der Waals surface area contributed by atoms with E-state index in [0.717, 1.165) is 25.0 Å². The summed E-state index contributed by atoms with van der Waals surface area (Å²) in [6, 6.07) is 2.35. The molecular formula is C12H14F4N2. The summed E-state index contributed by atoms with van der Waals surface area (Å²) >= 11 is 0. The number of benzene rings is 1. The Kier molecular flexibility index (Phi) is 3.59. The molecule has 2 rings (SSSR count). The van der Waals surface area contributed by atoms with Gasteiger partial charge >= 0.3 is 6.18 Å². The van der Waals surface area contributed by atoms with Gasteiger partial charge in [-0.3, -0.25) is 0 Å². The van der Waals surface area contributed by atoms with Crippen LogP contribution in [0.5, 0.6) is 0 Å². The lowest BCUT2D eigenvalue weighted by Gasteiger charge is -2.21. The number of nitrogens with one attached hydrogen (secondary N) is 1. The van der Waals surface area contributed by atoms with Crippen molar-refractivity contribution < 1.29 is 17.6 Å². The highest BCUT2D eigenvalue weighted by atomic mass is 19.4. The lowest BCUT2D eigenvalue weighted by Crippen LogP contribution is -2.31. The third-order valence-electron chi connectivity index (χ3n) is 2.95. The van der Waals surface area contributed by atoms with Crippen molar-refractivity contribution in [3.63, 3.8) is 0 Å². The number of halogens is 4. The first-order chi connectivity index (χ1) is 8.41. The van der Waals surface area contributed by atoms with Gasteiger partial charge < -0.3 is 11.1 Å². The van der Waals surface area contributed by atoms with Crippen molar-refractivity contribution in [2.45, 2.75) is 31.1 Å². The molecule has 1 fully saturated rings. The molecule has 0 aliphatic heterocycles. The number of nitrogens with two attached hydrogens (primary N) is 1. The van der Waals surface area contributed by atoms with Crippen molar-refractivity contribution in [3.8, 4) is 0 Å². The van der Waals surface area contributed by atoms with Crippen LogP contribution in [0.4, 0.5) is 17.6 Å². The summed E-state index contributed by atoms with van der Waals surface area (Å²) in [4.78, 5) is 0. The third-order valence-corrected chi connectivity index (χ3v) is 2.95. The van der Waals surface area contributed by atoms with Crippen molar-refractivity contribution in [3.05, 3.63) is 35.1 Å². The molecule has 0 saturated heterocycles. The fourth-order valence-corrected chi connectivity index (χ4v) is 1.90. The van der Waals surface area contributed by atoms with Gasteiger partial charge in [-0.2, -0.15) is 13.2 Å². The molecule has 0 bridgehead atoms. The molecule has 0 heterocycles. The molecule has 0 radical (unpaired) electrons. The van der Waals surface area contributed by atoms with Gasteiger partial charge in [0.2, 0.25) is 0 Å². The van der Waals surface area contributed by atoms with Crippen LogP contribution in [-0.4, -0.2) is 12.6 Å². The molecule has 1 aliphatic carbocycles. The molecule has 1 saturated carbocycles. The summed E-state index contributed by atoms with van der Waals surface area (Å²) in [6.45, 7) is 0.0468. The average Bonchev–Trinajstić information content (AvgIpc) is 3.09. The van der Waals surface area contributed by atoms with Crippen LogP contribution in [0.3, 0.4) is 0 Å². The molecular weight excluding hydrogens is 248 g/mol. The third kappa shape index (κ3) is 3.00. The quantitative estimate of drug-likeness (QED) is 0.818. The minimum atomic E-state index is -4.57. The van der Waals surface area contributed by atoms with E-state index in [-0.39, 0.29) is 18.2 Å². The summed E-state index contributed by atoms with van der Waals surface area (Å²) in [6.07, 6.45) is -2.69. The predicted octanol–water partition coefficient (Wildman–Crippen LogP) is 2.60. The van der Waals surface area contributed by atoms with Crippen molar-refractivity contribution in [1.82, 2.24) is 5.32 Å². The highest BCUT2D eigenvalue weighted by Crippen LogP contribution is 2.36. The maximum absolute atomic E-state index is 13.0. The van der Waals surface area contributed by atoms with Gasteiger partial charge in [0.15, 0.2) is 0 Å². The van der Waals surface area contributed by atoms with Crippen LogP contribution >= 0.6 is 0 Å². The van der Waals surface area contributed by atoms with E-state index in [1.165, 1.54) is 0 Å². The maximum Gasteiger partial charge on any atom is 0.416 e. The van der Waals surface area contributed by atoms with Crippen LogP contribution in [0, 0.1) is 5.82 Å². The minimum Gasteiger partial charge on any atom is -0.329 e. The first kappa shape index (κ1) is 13.3. The van der Waals surface area contributed by atoms with E-state index in [4.69, 9.17) is 5.73 Å². The first-order valence-electron chi connectivity index (χ1n) is 5.74. The largest absolute Gasteiger partial charge is 0.416 e. The molecule has 18 heavy (non-hydrogen) atoms. The Morgan fingerprint density at radius 3 is 2.50 bits per heavy atom. The van der Waals surface area contributed by atoms with Crippen LogP contribution in [0.1, 0.15) is 30.0 Å². The summed E-state index contributed by atoms with van der Waals surface area (Å²) < 4.78 is 51.5. The summed E-state index contributed by atoms with van der Waals surface area (Å²) in [5.74, 6) is -0.895. The second-order valence-electron chi connectivity index (χ2n) is 4.46. The fraction of sp³-hybridized carbons (Fsp3) is 0.500. The number of hydrogen-bond donors (Lipinski definition) is 2. The predicted molar refractivity (Wildman–Crippen MR) is 59.4 cm³/mol. The maximum atomic E-state index is 13.0. The van der Waals surface area contributed by atoms with Crippen LogP contribution in [0.25, 0.3) is 0 Å². The van der Waals surface area contributed by atoms with Crippen molar-refractivity contribution in [1.29, 1.82) is 0 Å². The molecule has 2 nitrogen and oxygen atoms in total. The number of hydrogen-bond acceptors (Lipinski definition) is 2. The first-order valence-corrected chi connectivity index (χ1v) is 5.74. The zero-order chi connectivity index (χ0) is 13.3. The molecule has 0 aromatic heterocycles. The smallest absolute Gasteiger partial charge is 0.329 e. The summed E-state index contributed by atoms with van der Waals surface area (Å²) in [5, 5.41) is 3.04. The average molecular weight is 262 g/mol. The number of alkyl halides is 3. The van der Waals surface area contributed by atoms with Crippen LogP contribution in [0.2, 0.25) is 0 Å². The molecule has 0 amide bonds. The minimum absolute atomic E-state index is 0.0123. The molecule has 100 valence electrons. The van der Waals surface area contributed by atoms with Crippen molar-refractivity contribution in [2.24, 2.45) is 5.73 Å². The molecule has 3 N–H and O–H groups in total. The Morgan fingerprint density at radius 2 is 2.00 bits per heavy atom. The van der Waals surface area contributed by atoms with Gasteiger partial charge in [0.1, 0.15) is 5.82 Å². The van der Waals surface area contributed by atoms with Crippen LogP contribution < -0.4 is 11.1 Å². The Bertz CT molecular complexity index is 427. The molecule has 1 aliphatic rings. The molecule has 6 heteroatoms. The lowest BCUT2D eigenvalue weighted by atomic mass is 9.99. The Morgan fingerprint density at radius 1 is 1.33 bits per heavy atom. The van der Waals surface area contributed by atoms with E-state index < -0.39 is 23.6 Å². The highest BCUT2D eigenvalue weighted by Gasteiger charge is 2.36. The Balaban J connectivity index is 2.34. The van der Waals surface area contributed by atoms with E-state index in [9.17, 15) is 17.6 Å². The van der Waals surface area contributed by atoms with E-state index in [0.29, 0.717) is 6.07 Å². The lowest BCUT2D eigenvalue weighted by molar-refractivity contribution is -0.138. The molecule has 1 aromatic carbocycles. The number of rotatable bonds is 4. The van der Waals surface area contributed by atoms with Gasteiger partial charge in [-0.05, 0) is 30.5 Å². The normalized spacial score (nSPS) is 17.8. The van der Waals surface area contributed by atoms with E-state index in [2.05, 4.69) is 5.32 Å². The van der Waals surface area contributed by atoms with Crippen molar-refractivity contribution >= 4 is 0 Å². The van der Waals surface area contributed by atoms with E-state index >= 15 is 0 Å². The van der Waals surface area contributed by atoms with E-state index in [1.807, 2.05) is 0 Å². The Hall–Kier alpha value is -1.14. The zero-order valence-electron chi connectivity index (χ0n) is 9.60. The van der Waals surface area contributed by atoms with E-state index in [1.54, 1.807) is 0 Å². The SMILES string of the molecule is NCC(NC1CC1)c1ccc(F)cc1C(F)(F)F. The monoisotopic (exact) mass is 262 g/mol. The van der Waals surface area contributed by atoms with Gasteiger partial charge in [-0.1, -0.05) is 6.07 Å². The summed E-state index contributed by atoms with van der Waals surface area (Å²) in [7, 11) is 0. The van der Waals surface area contributed by atoms with Gasteiger partial charge in [0.05, 0.1) is 5.56 Å². The second kappa shape index (κ2) is 4.85. The van der Waals surface area contributed by atoms with Gasteiger partial charge in [0, 0.05) is 18.6 Å². The second-order valence-corrected chi connectivity index (χ2v) is 4.46. The molecule has 1 atom stereocenters. The standard InChI is InChI=1S/C12H14F4N2/c13-7-1-4-9(10(5-7)12(14,15)16)11(6-17)18-8-2-3-8/h1,4-5,8,11,18H,2-3,6,17H2. The van der Waals surface area contributed by atoms with Gasteiger partial charge in [-0.25, -0.2) is 4.39 Å². The van der Waals surface area contributed by atoms with Gasteiger partial charge in [0.25, 0.3) is 0 Å². The van der Waals surface area contributed by atoms with Crippen molar-refractivity contribution in [2.75, 3.05) is 6.54 Å².